The molecule has 102 valence electrons. The van der Waals surface area contributed by atoms with Gasteiger partial charge in [0, 0.05) is 11.1 Å². The van der Waals surface area contributed by atoms with Crippen molar-refractivity contribution in [2.45, 2.75) is 13.5 Å². The van der Waals surface area contributed by atoms with Gasteiger partial charge in [-0.2, -0.15) is 0 Å². The molecule has 0 aliphatic heterocycles. The molecule has 0 atom stereocenters. The van der Waals surface area contributed by atoms with Crippen LogP contribution in [0.3, 0.4) is 0 Å². The quantitative estimate of drug-likeness (QED) is 0.869. The summed E-state index contributed by atoms with van der Waals surface area (Å²) < 4.78 is 19.3. The molecule has 0 spiro atoms. The average Bonchev–Trinajstić information content (AvgIpc) is 2.47. The minimum Gasteiger partial charge on any atom is -0.486 e. The molecule has 1 N–H and O–H groups in total. The third kappa shape index (κ3) is 3.37. The number of rotatable bonds is 3. The summed E-state index contributed by atoms with van der Waals surface area (Å²) in [5.74, 6) is 5.34. The molecular formula is C17H15FO2. The molecule has 0 aliphatic carbocycles. The monoisotopic (exact) mass is 270 g/mol. The maximum Gasteiger partial charge on any atom is 0.167 e. The summed E-state index contributed by atoms with van der Waals surface area (Å²) in [6, 6.07) is 12.5. The average molecular weight is 270 g/mol. The van der Waals surface area contributed by atoms with E-state index in [0.717, 1.165) is 11.1 Å². The molecule has 0 saturated carbocycles. The molecule has 0 radical (unpaired) electrons. The van der Waals surface area contributed by atoms with E-state index in [1.54, 1.807) is 25.1 Å². The highest BCUT2D eigenvalue weighted by Gasteiger charge is 2.07. The van der Waals surface area contributed by atoms with E-state index in [1.165, 1.54) is 0 Å². The second-order valence-corrected chi connectivity index (χ2v) is 4.29. The first-order valence-corrected chi connectivity index (χ1v) is 6.28. The zero-order valence-corrected chi connectivity index (χ0v) is 11.2. The first-order valence-electron chi connectivity index (χ1n) is 6.28. The summed E-state index contributed by atoms with van der Waals surface area (Å²) >= 11 is 0. The highest BCUT2D eigenvalue weighted by atomic mass is 19.1. The Morgan fingerprint density at radius 1 is 1.15 bits per heavy atom. The van der Waals surface area contributed by atoms with Crippen LogP contribution in [0.15, 0.2) is 42.5 Å². The molecule has 0 bridgehead atoms. The minimum atomic E-state index is -0.341. The number of aliphatic hydroxyl groups is 1. The molecule has 2 aromatic carbocycles. The number of hydrogen-bond donors (Lipinski definition) is 1. The largest absolute Gasteiger partial charge is 0.486 e. The van der Waals surface area contributed by atoms with Crippen molar-refractivity contribution < 1.29 is 14.2 Å². The highest BCUT2D eigenvalue weighted by molar-refractivity contribution is 5.41. The van der Waals surface area contributed by atoms with Gasteiger partial charge in [0.1, 0.15) is 13.2 Å². The number of aliphatic hydroxyl groups excluding tert-OH is 1. The van der Waals surface area contributed by atoms with Crippen molar-refractivity contribution in [3.63, 3.8) is 0 Å². The van der Waals surface area contributed by atoms with Crippen molar-refractivity contribution in [3.8, 4) is 17.6 Å². The second kappa shape index (κ2) is 6.74. The van der Waals surface area contributed by atoms with E-state index in [4.69, 9.17) is 9.84 Å². The van der Waals surface area contributed by atoms with Crippen molar-refractivity contribution in [2.75, 3.05) is 6.61 Å². The van der Waals surface area contributed by atoms with Gasteiger partial charge in [-0.1, -0.05) is 42.2 Å². The van der Waals surface area contributed by atoms with Crippen LogP contribution in [0, 0.1) is 24.6 Å². The number of ether oxygens (including phenoxy) is 1. The predicted octanol–water partition coefficient (Wildman–Crippen LogP) is 3.06. The number of hydrogen-bond acceptors (Lipinski definition) is 2. The predicted molar refractivity (Wildman–Crippen MR) is 75.9 cm³/mol. The Kier molecular flexibility index (Phi) is 4.75. The van der Waals surface area contributed by atoms with Gasteiger partial charge in [-0.25, -0.2) is 4.39 Å². The molecule has 2 rings (SSSR count). The van der Waals surface area contributed by atoms with Crippen LogP contribution in [0.4, 0.5) is 4.39 Å². The van der Waals surface area contributed by atoms with Crippen LogP contribution in [0.5, 0.6) is 5.75 Å². The Bertz CT molecular complexity index is 654. The van der Waals surface area contributed by atoms with Gasteiger partial charge < -0.3 is 9.84 Å². The van der Waals surface area contributed by atoms with Gasteiger partial charge in [-0.3, -0.25) is 0 Å². The number of halogens is 1. The van der Waals surface area contributed by atoms with Gasteiger partial charge in [-0.15, -0.1) is 0 Å². The van der Waals surface area contributed by atoms with E-state index in [9.17, 15) is 4.39 Å². The Morgan fingerprint density at radius 2 is 1.95 bits per heavy atom. The molecule has 2 aromatic rings. The van der Waals surface area contributed by atoms with Gasteiger partial charge in [0.2, 0.25) is 0 Å². The zero-order valence-electron chi connectivity index (χ0n) is 11.2. The Hall–Kier alpha value is -2.31. The molecule has 0 aliphatic rings. The third-order valence-electron chi connectivity index (χ3n) is 2.86. The maximum atomic E-state index is 13.8. The fraction of sp³-hybridized carbons (Fsp3) is 0.176. The molecule has 0 fully saturated rings. The fourth-order valence-electron chi connectivity index (χ4n) is 1.79. The number of aryl methyl sites for hydroxylation is 1. The Labute approximate surface area is 117 Å². The summed E-state index contributed by atoms with van der Waals surface area (Å²) in [7, 11) is 0. The molecule has 0 heterocycles. The Morgan fingerprint density at radius 3 is 2.75 bits per heavy atom. The lowest BCUT2D eigenvalue weighted by Gasteiger charge is -2.09. The smallest absolute Gasteiger partial charge is 0.167 e. The Balaban J connectivity index is 2.17. The zero-order chi connectivity index (χ0) is 14.4. The standard InChI is InChI=1S/C17H15FO2/c1-13-6-4-10-16(17(13)18)20-12-15-8-3-2-7-14(15)9-5-11-19/h2-4,6-8,10,19H,11-12H2,1H3. The lowest BCUT2D eigenvalue weighted by atomic mass is 10.1. The van der Waals surface area contributed by atoms with Crippen LogP contribution < -0.4 is 4.74 Å². The lowest BCUT2D eigenvalue weighted by molar-refractivity contribution is 0.289. The topological polar surface area (TPSA) is 29.5 Å². The van der Waals surface area contributed by atoms with Crippen LogP contribution in [0.1, 0.15) is 16.7 Å². The van der Waals surface area contributed by atoms with Gasteiger partial charge >= 0.3 is 0 Å². The van der Waals surface area contributed by atoms with Crippen LogP contribution in [0.25, 0.3) is 0 Å². The fourth-order valence-corrected chi connectivity index (χ4v) is 1.79. The van der Waals surface area contributed by atoms with Crippen LogP contribution in [0.2, 0.25) is 0 Å². The van der Waals surface area contributed by atoms with E-state index in [0.29, 0.717) is 5.56 Å². The van der Waals surface area contributed by atoms with Gasteiger partial charge in [0.25, 0.3) is 0 Å². The maximum absolute atomic E-state index is 13.8. The van der Waals surface area contributed by atoms with Crippen molar-refractivity contribution in [2.24, 2.45) is 0 Å². The normalized spacial score (nSPS) is 9.75. The van der Waals surface area contributed by atoms with E-state index in [1.807, 2.05) is 24.3 Å². The van der Waals surface area contributed by atoms with E-state index in [2.05, 4.69) is 11.8 Å². The van der Waals surface area contributed by atoms with Gasteiger partial charge in [0.15, 0.2) is 11.6 Å². The molecule has 0 saturated heterocycles. The summed E-state index contributed by atoms with van der Waals surface area (Å²) in [4.78, 5) is 0. The summed E-state index contributed by atoms with van der Waals surface area (Å²) in [5.41, 5.74) is 2.18. The molecule has 2 nitrogen and oxygen atoms in total. The first-order chi connectivity index (χ1) is 9.72. The van der Waals surface area contributed by atoms with Crippen molar-refractivity contribution in [1.29, 1.82) is 0 Å². The summed E-state index contributed by atoms with van der Waals surface area (Å²) in [6.07, 6.45) is 0. The summed E-state index contributed by atoms with van der Waals surface area (Å²) in [5, 5.41) is 8.74. The minimum absolute atomic E-state index is 0.193. The molecule has 0 unspecified atom stereocenters. The molecular weight excluding hydrogens is 255 g/mol. The number of benzene rings is 2. The van der Waals surface area contributed by atoms with E-state index < -0.39 is 0 Å². The molecule has 3 heteroatoms. The van der Waals surface area contributed by atoms with Gasteiger partial charge in [0.05, 0.1) is 0 Å². The van der Waals surface area contributed by atoms with Gasteiger partial charge in [-0.05, 0) is 24.6 Å². The van der Waals surface area contributed by atoms with Crippen molar-refractivity contribution >= 4 is 0 Å². The van der Waals surface area contributed by atoms with Crippen LogP contribution >= 0.6 is 0 Å². The SMILES string of the molecule is Cc1cccc(OCc2ccccc2C#CCO)c1F. The summed E-state index contributed by atoms with van der Waals surface area (Å²) in [6.45, 7) is 1.74. The lowest BCUT2D eigenvalue weighted by Crippen LogP contribution is -2.00. The van der Waals surface area contributed by atoms with Crippen LogP contribution in [-0.4, -0.2) is 11.7 Å². The van der Waals surface area contributed by atoms with Crippen molar-refractivity contribution in [1.82, 2.24) is 0 Å². The van der Waals surface area contributed by atoms with E-state index in [-0.39, 0.29) is 24.8 Å². The first kappa shape index (κ1) is 14.1. The molecule has 0 aromatic heterocycles. The van der Waals surface area contributed by atoms with E-state index >= 15 is 0 Å². The molecule has 20 heavy (non-hydrogen) atoms. The van der Waals surface area contributed by atoms with Crippen LogP contribution in [-0.2, 0) is 6.61 Å². The highest BCUT2D eigenvalue weighted by Crippen LogP contribution is 2.21. The third-order valence-corrected chi connectivity index (χ3v) is 2.86. The second-order valence-electron chi connectivity index (χ2n) is 4.29. The molecule has 0 amide bonds. The van der Waals surface area contributed by atoms with Crippen molar-refractivity contribution in [3.05, 3.63) is 65.0 Å².